The number of rotatable bonds is 4. The van der Waals surface area contributed by atoms with Gasteiger partial charge in [0, 0.05) is 6.20 Å². The lowest BCUT2D eigenvalue weighted by atomic mass is 10.1. The van der Waals surface area contributed by atoms with Crippen LogP contribution in [0.2, 0.25) is 0 Å². The lowest BCUT2D eigenvalue weighted by Crippen LogP contribution is -2.36. The van der Waals surface area contributed by atoms with E-state index >= 15 is 0 Å². The number of hydrogen-bond donors (Lipinski definition) is 4. The Morgan fingerprint density at radius 3 is 2.59 bits per heavy atom. The molecule has 0 radical (unpaired) electrons. The molecule has 4 N–H and O–H groups in total. The first-order chi connectivity index (χ1) is 10.2. The number of hydrogen-bond acceptors (Lipinski definition) is 8. The first-order valence-corrected chi connectivity index (χ1v) is 6.88. The molecule has 0 aromatic carbocycles. The van der Waals surface area contributed by atoms with Gasteiger partial charge >= 0.3 is 5.69 Å². The molecule has 0 aliphatic carbocycles. The van der Waals surface area contributed by atoms with Crippen molar-refractivity contribution >= 4 is 5.82 Å². The molecule has 1 saturated heterocycles. The fourth-order valence-electron chi connectivity index (χ4n) is 1.98. The molecule has 0 bridgehead atoms. The van der Waals surface area contributed by atoms with Gasteiger partial charge in [-0.25, -0.2) is 10.3 Å². The second-order valence-corrected chi connectivity index (χ2v) is 6.05. The molecule has 1 aliphatic heterocycles. The smallest absolute Gasteiger partial charge is 0.351 e. The fraction of sp³-hybridized carbons (Fsp3) is 0.692. The minimum absolute atomic E-state index is 0.211. The maximum Gasteiger partial charge on any atom is 0.351 e. The van der Waals surface area contributed by atoms with Gasteiger partial charge in [-0.05, 0) is 26.8 Å². The Labute approximate surface area is 127 Å². The van der Waals surface area contributed by atoms with Gasteiger partial charge in [0.15, 0.2) is 12.0 Å². The summed E-state index contributed by atoms with van der Waals surface area (Å²) in [6, 6.07) is 1.47. The molecule has 0 saturated carbocycles. The van der Waals surface area contributed by atoms with Crippen LogP contribution in [-0.2, 0) is 9.57 Å². The minimum atomic E-state index is -1.33. The van der Waals surface area contributed by atoms with Crippen LogP contribution in [0.15, 0.2) is 17.1 Å². The molecule has 1 aromatic heterocycles. The molecular weight excluding hydrogens is 294 g/mol. The summed E-state index contributed by atoms with van der Waals surface area (Å²) in [6.07, 6.45) is -3.30. The Morgan fingerprint density at radius 2 is 2.09 bits per heavy atom. The van der Waals surface area contributed by atoms with Crippen molar-refractivity contribution in [2.45, 2.75) is 50.9 Å². The van der Waals surface area contributed by atoms with Gasteiger partial charge in [0.05, 0.1) is 12.2 Å². The summed E-state index contributed by atoms with van der Waals surface area (Å²) >= 11 is 0. The number of aliphatic hydroxyl groups is 3. The monoisotopic (exact) mass is 315 g/mol. The van der Waals surface area contributed by atoms with Gasteiger partial charge in [-0.15, -0.1) is 0 Å². The summed E-state index contributed by atoms with van der Waals surface area (Å²) in [4.78, 5) is 21.1. The zero-order valence-corrected chi connectivity index (χ0v) is 12.6. The minimum Gasteiger partial charge on any atom is -0.394 e. The number of aromatic nitrogens is 2. The number of aliphatic hydroxyl groups excluding tert-OH is 3. The van der Waals surface area contributed by atoms with Crippen LogP contribution in [0.1, 0.15) is 27.0 Å². The third kappa shape index (κ3) is 3.62. The second-order valence-electron chi connectivity index (χ2n) is 6.05. The lowest BCUT2D eigenvalue weighted by molar-refractivity contribution is -0.0550. The third-order valence-electron chi connectivity index (χ3n) is 3.08. The molecule has 0 amide bonds. The van der Waals surface area contributed by atoms with Crippen molar-refractivity contribution in [2.75, 3.05) is 12.1 Å². The van der Waals surface area contributed by atoms with Crippen molar-refractivity contribution in [3.05, 3.63) is 22.7 Å². The molecule has 22 heavy (non-hydrogen) atoms. The van der Waals surface area contributed by atoms with Gasteiger partial charge in [-0.3, -0.25) is 9.40 Å². The Morgan fingerprint density at radius 1 is 1.41 bits per heavy atom. The van der Waals surface area contributed by atoms with E-state index in [1.165, 1.54) is 12.3 Å². The molecule has 1 fully saturated rings. The van der Waals surface area contributed by atoms with E-state index in [1.807, 2.05) is 20.8 Å². The van der Waals surface area contributed by atoms with E-state index < -0.39 is 42.4 Å². The second kappa shape index (κ2) is 6.31. The highest BCUT2D eigenvalue weighted by molar-refractivity contribution is 5.28. The first kappa shape index (κ1) is 16.8. The molecule has 9 nitrogen and oxygen atoms in total. The summed E-state index contributed by atoms with van der Waals surface area (Å²) < 4.78 is 6.32. The molecule has 0 unspecified atom stereocenters. The van der Waals surface area contributed by atoms with Crippen LogP contribution in [0.25, 0.3) is 0 Å². The fourth-order valence-corrected chi connectivity index (χ4v) is 1.98. The van der Waals surface area contributed by atoms with Gasteiger partial charge < -0.3 is 20.1 Å². The van der Waals surface area contributed by atoms with E-state index in [2.05, 4.69) is 10.5 Å². The van der Waals surface area contributed by atoms with Gasteiger partial charge in [0.25, 0.3) is 0 Å². The van der Waals surface area contributed by atoms with Crippen LogP contribution in [0, 0.1) is 0 Å². The van der Waals surface area contributed by atoms with Gasteiger partial charge in [0.1, 0.15) is 18.3 Å². The van der Waals surface area contributed by atoms with Crippen LogP contribution in [0.4, 0.5) is 5.82 Å². The van der Waals surface area contributed by atoms with E-state index in [9.17, 15) is 15.0 Å². The maximum absolute atomic E-state index is 12.0. The van der Waals surface area contributed by atoms with E-state index in [0.29, 0.717) is 0 Å². The number of ether oxygens (including phenoxy) is 1. The Hall–Kier alpha value is -1.52. The molecule has 2 rings (SSSR count). The zero-order chi connectivity index (χ0) is 16.5. The largest absolute Gasteiger partial charge is 0.394 e. The van der Waals surface area contributed by atoms with Crippen molar-refractivity contribution in [1.82, 2.24) is 9.55 Å². The molecule has 9 heteroatoms. The predicted molar refractivity (Wildman–Crippen MR) is 76.0 cm³/mol. The Balaban J connectivity index is 2.15. The first-order valence-electron chi connectivity index (χ1n) is 6.88. The van der Waals surface area contributed by atoms with Crippen LogP contribution in [-0.4, -0.2) is 55.4 Å². The van der Waals surface area contributed by atoms with Gasteiger partial charge in [-0.2, -0.15) is 4.98 Å². The SMILES string of the molecule is CC(C)(C)ONc1ccn([C@@H]2O[C@H](CO)[C@@H](O)[C@H]2O)c(=O)n1. The molecule has 1 aromatic rings. The van der Waals surface area contributed by atoms with Crippen molar-refractivity contribution < 1.29 is 24.9 Å². The van der Waals surface area contributed by atoms with E-state index in [0.717, 1.165) is 4.57 Å². The van der Waals surface area contributed by atoms with Gasteiger partial charge in [0.2, 0.25) is 0 Å². The Kier molecular flexibility index (Phi) is 4.83. The Bertz CT molecular complexity index is 570. The molecule has 2 heterocycles. The summed E-state index contributed by atoms with van der Waals surface area (Å²) in [5, 5.41) is 28.7. The summed E-state index contributed by atoms with van der Waals surface area (Å²) in [5.74, 6) is 0.211. The highest BCUT2D eigenvalue weighted by Gasteiger charge is 2.43. The van der Waals surface area contributed by atoms with Crippen molar-refractivity contribution in [1.29, 1.82) is 0 Å². The number of nitrogens with one attached hydrogen (secondary N) is 1. The standard InChI is InChI=1S/C13H21N3O6/c1-13(2,3)22-15-8-4-5-16(12(20)14-8)11-10(19)9(18)7(6-17)21-11/h4-5,7,9-11,17-19H,6H2,1-3H3,(H,14,15,20)/t7-,9-,10-,11-/m1/s1. The average Bonchev–Trinajstić information content (AvgIpc) is 2.72. The summed E-state index contributed by atoms with van der Waals surface area (Å²) in [7, 11) is 0. The molecule has 4 atom stereocenters. The average molecular weight is 315 g/mol. The topological polar surface area (TPSA) is 126 Å². The van der Waals surface area contributed by atoms with E-state index in [1.54, 1.807) is 0 Å². The molecule has 0 spiro atoms. The summed E-state index contributed by atoms with van der Waals surface area (Å²) in [6.45, 7) is 5.04. The van der Waals surface area contributed by atoms with E-state index in [-0.39, 0.29) is 5.82 Å². The van der Waals surface area contributed by atoms with Crippen molar-refractivity contribution in [2.24, 2.45) is 0 Å². The number of anilines is 1. The van der Waals surface area contributed by atoms with E-state index in [4.69, 9.17) is 14.7 Å². The quantitative estimate of drug-likeness (QED) is 0.521. The molecular formula is C13H21N3O6. The van der Waals surface area contributed by atoms with Crippen molar-refractivity contribution in [3.8, 4) is 0 Å². The number of nitrogens with zero attached hydrogens (tertiary/aromatic N) is 2. The third-order valence-corrected chi connectivity index (χ3v) is 3.08. The summed E-state index contributed by atoms with van der Waals surface area (Å²) in [5.41, 5.74) is 1.42. The van der Waals surface area contributed by atoms with Crippen molar-refractivity contribution in [3.63, 3.8) is 0 Å². The predicted octanol–water partition coefficient (Wildman–Crippen LogP) is -1.00. The van der Waals surface area contributed by atoms with Crippen LogP contribution < -0.4 is 11.2 Å². The van der Waals surface area contributed by atoms with Crippen LogP contribution >= 0.6 is 0 Å². The molecule has 124 valence electrons. The highest BCUT2D eigenvalue weighted by Crippen LogP contribution is 2.28. The zero-order valence-electron chi connectivity index (χ0n) is 12.6. The lowest BCUT2D eigenvalue weighted by Gasteiger charge is -2.20. The van der Waals surface area contributed by atoms with Crippen LogP contribution in [0.5, 0.6) is 0 Å². The highest BCUT2D eigenvalue weighted by atomic mass is 16.7. The maximum atomic E-state index is 12.0. The molecule has 1 aliphatic rings. The normalized spacial score (nSPS) is 28.8. The van der Waals surface area contributed by atoms with Gasteiger partial charge in [-0.1, -0.05) is 0 Å². The van der Waals surface area contributed by atoms with Crippen LogP contribution in [0.3, 0.4) is 0 Å².